The first-order chi connectivity index (χ1) is 13.5. The Bertz CT molecular complexity index is 734. The molecular weight excluding hydrogens is 372 g/mol. The van der Waals surface area contributed by atoms with Crippen molar-refractivity contribution in [1.29, 1.82) is 0 Å². The van der Waals surface area contributed by atoms with Crippen LogP contribution in [-0.2, 0) is 6.54 Å². The fourth-order valence-corrected chi connectivity index (χ4v) is 6.18. The van der Waals surface area contributed by atoms with E-state index in [0.29, 0.717) is 23.2 Å². The normalized spacial score (nSPS) is 29.2. The molecule has 0 aromatic heterocycles. The van der Waals surface area contributed by atoms with Crippen molar-refractivity contribution in [3.8, 4) is 11.5 Å². The standard InChI is InChI=1S/C22H32N2O3S/c1-26-17-10-9-16(14-18(17)27-2)15-24-20(28)23-21(11-5-3-6-12-21)19-8-4-7-13-22(19,24)25/h9-10,14,19,25H,3-8,11-13,15H2,1-2H3,(H,23,28)/t19-,22+/m1/s1. The molecule has 1 aromatic rings. The van der Waals surface area contributed by atoms with E-state index in [-0.39, 0.29) is 11.5 Å². The summed E-state index contributed by atoms with van der Waals surface area (Å²) in [6.07, 6.45) is 10.0. The van der Waals surface area contributed by atoms with Crippen LogP contribution in [-0.4, -0.2) is 40.6 Å². The largest absolute Gasteiger partial charge is 0.493 e. The average molecular weight is 405 g/mol. The Kier molecular flexibility index (Phi) is 5.45. The van der Waals surface area contributed by atoms with Gasteiger partial charge in [0.2, 0.25) is 0 Å². The third kappa shape index (κ3) is 3.24. The first-order valence-electron chi connectivity index (χ1n) is 10.6. The van der Waals surface area contributed by atoms with Crippen LogP contribution >= 0.6 is 12.2 Å². The molecule has 5 nitrogen and oxygen atoms in total. The second kappa shape index (κ2) is 7.71. The van der Waals surface area contributed by atoms with Crippen LogP contribution in [0.3, 0.4) is 0 Å². The monoisotopic (exact) mass is 404 g/mol. The van der Waals surface area contributed by atoms with Crippen molar-refractivity contribution >= 4 is 17.3 Å². The summed E-state index contributed by atoms with van der Waals surface area (Å²) < 4.78 is 10.8. The SMILES string of the molecule is COc1ccc(CN2C(=S)NC3(CCCCC3)[C@H]3CCCC[C@]32O)cc1OC. The summed E-state index contributed by atoms with van der Waals surface area (Å²) in [5, 5.41) is 16.4. The molecule has 6 heteroatoms. The molecule has 2 saturated carbocycles. The van der Waals surface area contributed by atoms with Crippen LogP contribution in [0.4, 0.5) is 0 Å². The molecule has 0 amide bonds. The lowest BCUT2D eigenvalue weighted by molar-refractivity contribution is -0.184. The molecule has 2 N–H and O–H groups in total. The fraction of sp³-hybridized carbons (Fsp3) is 0.682. The summed E-state index contributed by atoms with van der Waals surface area (Å²) in [4.78, 5) is 2.03. The molecule has 0 unspecified atom stereocenters. The van der Waals surface area contributed by atoms with Crippen LogP contribution in [0.15, 0.2) is 18.2 Å². The average Bonchev–Trinajstić information content (AvgIpc) is 2.71. The first-order valence-corrected chi connectivity index (χ1v) is 11.0. The number of hydrogen-bond donors (Lipinski definition) is 2. The molecule has 1 spiro atoms. The maximum atomic E-state index is 12.0. The van der Waals surface area contributed by atoms with Gasteiger partial charge in [-0.25, -0.2) is 0 Å². The van der Waals surface area contributed by atoms with Crippen LogP contribution in [0.2, 0.25) is 0 Å². The number of fused-ring (bicyclic) bond motifs is 2. The van der Waals surface area contributed by atoms with Crippen molar-refractivity contribution in [2.75, 3.05) is 14.2 Å². The maximum absolute atomic E-state index is 12.0. The molecule has 1 aliphatic heterocycles. The second-order valence-corrected chi connectivity index (χ2v) is 8.99. The lowest BCUT2D eigenvalue weighted by atomic mass is 9.62. The number of benzene rings is 1. The number of nitrogens with zero attached hydrogens (tertiary/aromatic N) is 1. The van der Waals surface area contributed by atoms with Gasteiger partial charge >= 0.3 is 0 Å². The zero-order valence-corrected chi connectivity index (χ0v) is 17.8. The smallest absolute Gasteiger partial charge is 0.171 e. The molecular formula is C22H32N2O3S. The van der Waals surface area contributed by atoms with Crippen molar-refractivity contribution in [3.63, 3.8) is 0 Å². The van der Waals surface area contributed by atoms with E-state index in [1.807, 2.05) is 23.1 Å². The molecule has 4 rings (SSSR count). The topological polar surface area (TPSA) is 54.0 Å². The molecule has 1 saturated heterocycles. The minimum atomic E-state index is -0.870. The number of hydrogen-bond acceptors (Lipinski definition) is 4. The Labute approximate surface area is 173 Å². The number of methoxy groups -OCH3 is 2. The number of thiocarbonyl (C=S) groups is 1. The number of ether oxygens (including phenoxy) is 2. The van der Waals surface area contributed by atoms with Crippen molar-refractivity contribution in [1.82, 2.24) is 10.2 Å². The van der Waals surface area contributed by atoms with Gasteiger partial charge in [0.05, 0.1) is 14.2 Å². The summed E-state index contributed by atoms with van der Waals surface area (Å²) in [7, 11) is 3.28. The zero-order valence-electron chi connectivity index (χ0n) is 17.0. The summed E-state index contributed by atoms with van der Waals surface area (Å²) in [6.45, 7) is 0.565. The lowest BCUT2D eigenvalue weighted by Crippen LogP contribution is -2.75. The van der Waals surface area contributed by atoms with E-state index in [1.54, 1.807) is 14.2 Å². The number of rotatable bonds is 4. The predicted octanol–water partition coefficient (Wildman–Crippen LogP) is 3.98. The third-order valence-electron chi connectivity index (χ3n) is 7.12. The Balaban J connectivity index is 1.65. The predicted molar refractivity (Wildman–Crippen MR) is 114 cm³/mol. The Morgan fingerprint density at radius 1 is 1.07 bits per heavy atom. The van der Waals surface area contributed by atoms with E-state index >= 15 is 0 Å². The van der Waals surface area contributed by atoms with Gasteiger partial charge in [-0.3, -0.25) is 0 Å². The van der Waals surface area contributed by atoms with Crippen LogP contribution in [0.5, 0.6) is 11.5 Å². The van der Waals surface area contributed by atoms with Gasteiger partial charge in [-0.15, -0.1) is 0 Å². The van der Waals surface area contributed by atoms with E-state index in [9.17, 15) is 5.11 Å². The molecule has 2 aliphatic carbocycles. The Morgan fingerprint density at radius 3 is 2.50 bits per heavy atom. The van der Waals surface area contributed by atoms with Gasteiger partial charge in [0.1, 0.15) is 5.72 Å². The quantitative estimate of drug-likeness (QED) is 0.741. The van der Waals surface area contributed by atoms with Crippen molar-refractivity contribution in [2.24, 2.45) is 5.92 Å². The van der Waals surface area contributed by atoms with Crippen LogP contribution in [0.25, 0.3) is 0 Å². The van der Waals surface area contributed by atoms with E-state index in [0.717, 1.165) is 37.7 Å². The Hall–Kier alpha value is -1.53. The van der Waals surface area contributed by atoms with Crippen LogP contribution in [0, 0.1) is 5.92 Å². The minimum Gasteiger partial charge on any atom is -0.493 e. The summed E-state index contributed by atoms with van der Waals surface area (Å²) in [5.74, 6) is 1.63. The summed E-state index contributed by atoms with van der Waals surface area (Å²) in [5.41, 5.74) is 0.156. The van der Waals surface area contributed by atoms with Crippen LogP contribution in [0.1, 0.15) is 63.4 Å². The molecule has 3 aliphatic rings. The molecule has 154 valence electrons. The highest BCUT2D eigenvalue weighted by atomic mass is 32.1. The highest BCUT2D eigenvalue weighted by Gasteiger charge is 2.58. The van der Waals surface area contributed by atoms with E-state index in [1.165, 1.54) is 25.7 Å². The van der Waals surface area contributed by atoms with Gasteiger partial charge in [0, 0.05) is 18.0 Å². The van der Waals surface area contributed by atoms with E-state index < -0.39 is 5.72 Å². The van der Waals surface area contributed by atoms with Gasteiger partial charge in [-0.05, 0) is 62.0 Å². The highest BCUT2D eigenvalue weighted by molar-refractivity contribution is 7.80. The molecule has 0 radical (unpaired) electrons. The Morgan fingerprint density at radius 2 is 1.79 bits per heavy atom. The van der Waals surface area contributed by atoms with Gasteiger partial charge in [-0.2, -0.15) is 0 Å². The molecule has 1 aromatic carbocycles. The van der Waals surface area contributed by atoms with Crippen molar-refractivity contribution in [2.45, 2.75) is 75.6 Å². The number of aliphatic hydroxyl groups is 1. The minimum absolute atomic E-state index is 0.0292. The van der Waals surface area contributed by atoms with E-state index in [4.69, 9.17) is 21.7 Å². The van der Waals surface area contributed by atoms with Crippen LogP contribution < -0.4 is 14.8 Å². The fourth-order valence-electron chi connectivity index (χ4n) is 5.75. The molecule has 28 heavy (non-hydrogen) atoms. The summed E-state index contributed by atoms with van der Waals surface area (Å²) in [6, 6.07) is 5.92. The zero-order chi connectivity index (χ0) is 19.8. The van der Waals surface area contributed by atoms with E-state index in [2.05, 4.69) is 5.32 Å². The maximum Gasteiger partial charge on any atom is 0.171 e. The third-order valence-corrected chi connectivity index (χ3v) is 7.44. The molecule has 2 atom stereocenters. The van der Waals surface area contributed by atoms with Gasteiger partial charge in [0.15, 0.2) is 16.6 Å². The van der Waals surface area contributed by atoms with Gasteiger partial charge in [-0.1, -0.05) is 31.7 Å². The molecule has 0 bridgehead atoms. The van der Waals surface area contributed by atoms with Crippen molar-refractivity contribution < 1.29 is 14.6 Å². The van der Waals surface area contributed by atoms with Crippen molar-refractivity contribution in [3.05, 3.63) is 23.8 Å². The number of nitrogens with one attached hydrogen (secondary N) is 1. The molecule has 3 fully saturated rings. The lowest BCUT2D eigenvalue weighted by Gasteiger charge is -2.61. The van der Waals surface area contributed by atoms with Gasteiger partial charge < -0.3 is 24.8 Å². The van der Waals surface area contributed by atoms with Gasteiger partial charge in [0.25, 0.3) is 0 Å². The second-order valence-electron chi connectivity index (χ2n) is 8.60. The first kappa shape index (κ1) is 19.8. The summed E-state index contributed by atoms with van der Waals surface area (Å²) >= 11 is 5.83. The highest BCUT2D eigenvalue weighted by Crippen LogP contribution is 2.50. The molecule has 1 heterocycles.